The van der Waals surface area contributed by atoms with E-state index in [9.17, 15) is 4.79 Å². The summed E-state index contributed by atoms with van der Waals surface area (Å²) in [4.78, 5) is 12.2. The van der Waals surface area contributed by atoms with E-state index < -0.39 is 0 Å². The fourth-order valence-corrected chi connectivity index (χ4v) is 4.48. The number of aromatic nitrogens is 2. The molecule has 1 aliphatic heterocycles. The molecule has 1 aliphatic rings. The second-order valence-corrected chi connectivity index (χ2v) is 7.26. The quantitative estimate of drug-likeness (QED) is 0.663. The molecule has 0 amide bonds. The van der Waals surface area contributed by atoms with E-state index in [0.29, 0.717) is 29.2 Å². The number of esters is 1. The van der Waals surface area contributed by atoms with Crippen LogP contribution >= 0.6 is 34.7 Å². The lowest BCUT2D eigenvalue weighted by molar-refractivity contribution is -0.137. The van der Waals surface area contributed by atoms with Crippen molar-refractivity contribution in [2.45, 2.75) is 16.9 Å². The molecule has 0 N–H and O–H groups in total. The maximum atomic E-state index is 11.5. The highest BCUT2D eigenvalue weighted by molar-refractivity contribution is 8.00. The van der Waals surface area contributed by atoms with Crippen molar-refractivity contribution in [2.24, 2.45) is 0 Å². The average molecular weight is 353 g/mol. The summed E-state index contributed by atoms with van der Waals surface area (Å²) in [5.74, 6) is 0.143. The normalized spacial score (nSPS) is 18.0. The van der Waals surface area contributed by atoms with Crippen LogP contribution in [0.2, 0.25) is 5.02 Å². The van der Waals surface area contributed by atoms with Crippen LogP contribution in [0.1, 0.15) is 6.42 Å². The molecular weight excluding hydrogens is 344 g/mol. The van der Waals surface area contributed by atoms with Crippen molar-refractivity contribution in [2.75, 3.05) is 6.61 Å². The van der Waals surface area contributed by atoms with Crippen LogP contribution in [0.3, 0.4) is 0 Å². The maximum absolute atomic E-state index is 11.5. The Morgan fingerprint density at radius 2 is 2.18 bits per heavy atom. The minimum Gasteiger partial charge on any atom is -0.465 e. The lowest BCUT2D eigenvalue weighted by atomic mass is 10.2. The maximum Gasteiger partial charge on any atom is 0.319 e. The summed E-state index contributed by atoms with van der Waals surface area (Å²) >= 11 is 9.13. The molecule has 1 fully saturated rings. The molecule has 0 saturated carbocycles. The van der Waals surface area contributed by atoms with Gasteiger partial charge in [0.05, 0.1) is 11.6 Å². The molecule has 0 bridgehead atoms. The lowest BCUT2D eigenvalue weighted by Crippen LogP contribution is -2.09. The van der Waals surface area contributed by atoms with Gasteiger partial charge in [-0.15, -0.1) is 21.5 Å². The first-order valence-electron chi connectivity index (χ1n) is 6.56. The zero-order valence-electron chi connectivity index (χ0n) is 11.1. The van der Waals surface area contributed by atoms with Crippen LogP contribution in [0, 0.1) is 0 Å². The van der Waals surface area contributed by atoms with E-state index in [4.69, 9.17) is 20.8 Å². The summed E-state index contributed by atoms with van der Waals surface area (Å²) in [5.41, 5.74) is 0. The fraction of sp³-hybridized carbons (Fsp3) is 0.214. The second kappa shape index (κ2) is 5.57. The van der Waals surface area contributed by atoms with Gasteiger partial charge in [-0.3, -0.25) is 4.79 Å². The van der Waals surface area contributed by atoms with Crippen LogP contribution in [0.15, 0.2) is 33.9 Å². The number of cyclic esters (lactones) is 1. The van der Waals surface area contributed by atoms with Crippen molar-refractivity contribution < 1.29 is 13.9 Å². The standard InChI is InChI=1S/C14H9ClN2O3S2/c15-10-7-3-1-2-4-8(7)21-11(10)12-16-17-14(20-12)22-9-5-6-19-13(9)18/h1-4,9H,5-6H2/t9-/m1/s1. The number of halogens is 1. The number of fused-ring (bicyclic) bond motifs is 1. The Hall–Kier alpha value is -1.57. The summed E-state index contributed by atoms with van der Waals surface area (Å²) in [6, 6.07) is 7.85. The molecule has 8 heteroatoms. The number of benzene rings is 1. The Bertz CT molecular complexity index is 861. The van der Waals surface area contributed by atoms with Crippen molar-refractivity contribution >= 4 is 50.8 Å². The SMILES string of the molecule is O=C1OCC[C@H]1Sc1nnc(-c2sc3ccccc3c2Cl)o1. The third kappa shape index (κ3) is 2.39. The zero-order chi connectivity index (χ0) is 15.1. The number of ether oxygens (including phenoxy) is 1. The molecule has 0 aliphatic carbocycles. The van der Waals surface area contributed by atoms with Gasteiger partial charge in [-0.2, -0.15) is 0 Å². The summed E-state index contributed by atoms with van der Waals surface area (Å²) < 4.78 is 11.6. The fourth-order valence-electron chi connectivity index (χ4n) is 2.21. The molecule has 112 valence electrons. The highest BCUT2D eigenvalue weighted by atomic mass is 35.5. The van der Waals surface area contributed by atoms with Gasteiger partial charge in [-0.05, 0) is 17.8 Å². The summed E-state index contributed by atoms with van der Waals surface area (Å²) in [6.07, 6.45) is 0.658. The molecule has 0 radical (unpaired) electrons. The number of hydrogen-bond acceptors (Lipinski definition) is 7. The molecule has 22 heavy (non-hydrogen) atoms. The Balaban J connectivity index is 1.65. The van der Waals surface area contributed by atoms with E-state index in [0.717, 1.165) is 15.0 Å². The third-order valence-corrected chi connectivity index (χ3v) is 6.01. The molecule has 2 aromatic heterocycles. The van der Waals surface area contributed by atoms with Crippen molar-refractivity contribution in [1.82, 2.24) is 10.2 Å². The predicted octanol–water partition coefficient (Wildman–Crippen LogP) is 4.01. The third-order valence-electron chi connectivity index (χ3n) is 3.27. The number of carbonyl (C=O) groups is 1. The number of hydrogen-bond donors (Lipinski definition) is 0. The number of nitrogens with zero attached hydrogens (tertiary/aromatic N) is 2. The monoisotopic (exact) mass is 352 g/mol. The Labute approximate surface area is 138 Å². The molecule has 0 unspecified atom stereocenters. The van der Waals surface area contributed by atoms with Gasteiger partial charge in [-0.1, -0.05) is 29.8 Å². The highest BCUT2D eigenvalue weighted by Gasteiger charge is 2.30. The van der Waals surface area contributed by atoms with Crippen LogP contribution in [0.4, 0.5) is 0 Å². The van der Waals surface area contributed by atoms with Crippen molar-refractivity contribution in [3.63, 3.8) is 0 Å². The van der Waals surface area contributed by atoms with Crippen molar-refractivity contribution in [1.29, 1.82) is 0 Å². The van der Waals surface area contributed by atoms with Gasteiger partial charge in [0.1, 0.15) is 10.1 Å². The second-order valence-electron chi connectivity index (χ2n) is 4.68. The summed E-state index contributed by atoms with van der Waals surface area (Å²) in [7, 11) is 0. The highest BCUT2D eigenvalue weighted by Crippen LogP contribution is 2.42. The molecule has 1 saturated heterocycles. The molecule has 1 atom stereocenters. The van der Waals surface area contributed by atoms with Gasteiger partial charge in [-0.25, -0.2) is 0 Å². The molecular formula is C14H9ClN2O3S2. The largest absolute Gasteiger partial charge is 0.465 e. The minimum atomic E-state index is -0.272. The smallest absolute Gasteiger partial charge is 0.319 e. The van der Waals surface area contributed by atoms with E-state index in [1.54, 1.807) is 0 Å². The number of thiophene rings is 1. The van der Waals surface area contributed by atoms with Gasteiger partial charge in [0.2, 0.25) is 0 Å². The first-order chi connectivity index (χ1) is 10.7. The topological polar surface area (TPSA) is 65.2 Å². The molecule has 0 spiro atoms. The number of rotatable bonds is 3. The lowest BCUT2D eigenvalue weighted by Gasteiger charge is -1.98. The average Bonchev–Trinajstić information content (AvgIpc) is 3.21. The van der Waals surface area contributed by atoms with Gasteiger partial charge in [0, 0.05) is 16.5 Å². The van der Waals surface area contributed by atoms with Crippen LogP contribution in [0.25, 0.3) is 20.9 Å². The van der Waals surface area contributed by atoms with Gasteiger partial charge in [0.15, 0.2) is 0 Å². The number of carbonyl (C=O) groups excluding carboxylic acids is 1. The molecule has 1 aromatic carbocycles. The van der Waals surface area contributed by atoms with E-state index in [2.05, 4.69) is 10.2 Å². The summed E-state index contributed by atoms with van der Waals surface area (Å²) in [6.45, 7) is 0.444. The minimum absolute atomic E-state index is 0.232. The first kappa shape index (κ1) is 14.0. The van der Waals surface area contributed by atoms with E-state index >= 15 is 0 Å². The number of thioether (sulfide) groups is 1. The van der Waals surface area contributed by atoms with Crippen LogP contribution < -0.4 is 0 Å². The molecule has 3 aromatic rings. The van der Waals surface area contributed by atoms with E-state index in [1.165, 1.54) is 23.1 Å². The zero-order valence-corrected chi connectivity index (χ0v) is 13.5. The van der Waals surface area contributed by atoms with Crippen LogP contribution in [-0.2, 0) is 9.53 Å². The van der Waals surface area contributed by atoms with Gasteiger partial charge in [0.25, 0.3) is 11.1 Å². The Morgan fingerprint density at radius 1 is 1.32 bits per heavy atom. The Morgan fingerprint density at radius 3 is 2.95 bits per heavy atom. The van der Waals surface area contributed by atoms with Crippen molar-refractivity contribution in [3.8, 4) is 10.8 Å². The summed E-state index contributed by atoms with van der Waals surface area (Å²) in [5, 5.41) is 9.70. The Kier molecular flexibility index (Phi) is 3.56. The molecule has 4 rings (SSSR count). The first-order valence-corrected chi connectivity index (χ1v) is 8.64. The van der Waals surface area contributed by atoms with Gasteiger partial charge >= 0.3 is 5.97 Å². The van der Waals surface area contributed by atoms with E-state index in [-0.39, 0.29) is 11.2 Å². The van der Waals surface area contributed by atoms with E-state index in [1.807, 2.05) is 24.3 Å². The predicted molar refractivity (Wildman–Crippen MR) is 85.3 cm³/mol. The molecule has 5 nitrogen and oxygen atoms in total. The van der Waals surface area contributed by atoms with Crippen LogP contribution in [-0.4, -0.2) is 28.0 Å². The van der Waals surface area contributed by atoms with Crippen molar-refractivity contribution in [3.05, 3.63) is 29.3 Å². The van der Waals surface area contributed by atoms with Gasteiger partial charge < -0.3 is 9.15 Å². The molecule has 3 heterocycles. The van der Waals surface area contributed by atoms with Crippen LogP contribution in [0.5, 0.6) is 0 Å².